The number of carbonyl (C=O) groups is 4. The fraction of sp³-hybridized carbons (Fsp3) is 0.350. The van der Waals surface area contributed by atoms with Crippen molar-refractivity contribution in [3.63, 3.8) is 0 Å². The maximum Gasteiger partial charge on any atom is 0.258 e. The molecule has 0 bridgehead atoms. The van der Waals surface area contributed by atoms with Crippen molar-refractivity contribution < 1.29 is 28.0 Å². The molecule has 2 aliphatic carbocycles. The second-order valence-electron chi connectivity index (χ2n) is 15.0. The molecule has 4 aliphatic rings. The van der Waals surface area contributed by atoms with E-state index in [9.17, 15) is 28.0 Å². The second kappa shape index (κ2) is 12.9. The van der Waals surface area contributed by atoms with Crippen LogP contribution < -0.4 is 20.4 Å². The van der Waals surface area contributed by atoms with E-state index in [1.807, 2.05) is 55.7 Å². The summed E-state index contributed by atoms with van der Waals surface area (Å²) in [6.07, 6.45) is 7.73. The predicted octanol–water partition coefficient (Wildman–Crippen LogP) is 7.08. The Morgan fingerprint density at radius 1 is 0.769 bits per heavy atom. The number of rotatable bonds is 7. The van der Waals surface area contributed by atoms with Gasteiger partial charge in [-0.15, -0.1) is 0 Å². The highest BCUT2D eigenvalue weighted by atomic mass is 19.1. The standard InChI is InChI=1S/2C20H20FN3O2/c1-11-8-14(16(21)10-22-11)18(25)23-12-4-7-15-17(9-12)24(13-5-6-13)19(26)20(15,2)3;1-20(2)15-6-5-13(23-18(25)14-7-8-22-10-16(14)21)9-17(15)24(19(20)26)11-12-3-4-12/h4,7-10,13H,5-6H2,1-3H3,(H,23,25);5-10,12H,3-4,11H2,1-2H3,(H,23,25). The SMILES string of the molecule is CC1(C)C(=O)N(CC2CC2)c2cc(NC(=O)c3ccncc3F)ccc21.Cc1cc(C(=O)Nc2ccc3c(c2)N(C2CC2)C(=O)C3(C)C)c(F)cn1. The summed E-state index contributed by atoms with van der Waals surface area (Å²) in [5, 5.41) is 5.45. The van der Waals surface area contributed by atoms with Crippen molar-refractivity contribution in [3.05, 3.63) is 107 Å². The van der Waals surface area contributed by atoms with Crippen LogP contribution >= 0.6 is 0 Å². The molecule has 0 unspecified atom stereocenters. The maximum atomic E-state index is 13.9. The highest BCUT2D eigenvalue weighted by molar-refractivity contribution is 6.11. The van der Waals surface area contributed by atoms with Crippen molar-refractivity contribution in [2.45, 2.75) is 77.2 Å². The molecule has 10 nitrogen and oxygen atoms in total. The Balaban J connectivity index is 0.000000162. The molecule has 2 N–H and O–H groups in total. The lowest BCUT2D eigenvalue weighted by Crippen LogP contribution is -2.37. The average molecular weight is 707 g/mol. The number of pyridine rings is 2. The monoisotopic (exact) mass is 706 g/mol. The molecule has 0 radical (unpaired) electrons. The molecule has 2 saturated carbocycles. The minimum Gasteiger partial charge on any atom is -0.322 e. The van der Waals surface area contributed by atoms with Gasteiger partial charge in [0.25, 0.3) is 11.8 Å². The Hall–Kier alpha value is -5.52. The van der Waals surface area contributed by atoms with Gasteiger partial charge in [-0.1, -0.05) is 12.1 Å². The number of aromatic nitrogens is 2. The Bertz CT molecular complexity index is 2140. The topological polar surface area (TPSA) is 125 Å². The maximum absolute atomic E-state index is 13.9. The highest BCUT2D eigenvalue weighted by Crippen LogP contribution is 2.48. The third kappa shape index (κ3) is 6.42. The van der Waals surface area contributed by atoms with Crippen LogP contribution in [-0.4, -0.2) is 46.2 Å². The van der Waals surface area contributed by atoms with Gasteiger partial charge >= 0.3 is 0 Å². The van der Waals surface area contributed by atoms with Crippen LogP contribution in [0.5, 0.6) is 0 Å². The average Bonchev–Trinajstić information content (AvgIpc) is 4.04. The Morgan fingerprint density at radius 3 is 1.96 bits per heavy atom. The minimum atomic E-state index is -0.669. The van der Waals surface area contributed by atoms with Gasteiger partial charge < -0.3 is 20.4 Å². The largest absolute Gasteiger partial charge is 0.322 e. The fourth-order valence-corrected chi connectivity index (χ4v) is 6.89. The lowest BCUT2D eigenvalue weighted by atomic mass is 9.86. The van der Waals surface area contributed by atoms with Gasteiger partial charge in [0, 0.05) is 41.5 Å². The molecule has 4 aromatic rings. The summed E-state index contributed by atoms with van der Waals surface area (Å²) in [5.74, 6) is -1.66. The van der Waals surface area contributed by atoms with Crippen LogP contribution in [0.25, 0.3) is 0 Å². The first-order valence-electron chi connectivity index (χ1n) is 17.5. The molecule has 0 saturated heterocycles. The van der Waals surface area contributed by atoms with Crippen molar-refractivity contribution in [2.75, 3.05) is 27.0 Å². The fourth-order valence-electron chi connectivity index (χ4n) is 6.89. The van der Waals surface area contributed by atoms with E-state index >= 15 is 0 Å². The van der Waals surface area contributed by atoms with E-state index in [4.69, 9.17) is 0 Å². The number of hydrogen-bond acceptors (Lipinski definition) is 6. The number of nitrogens with zero attached hydrogens (tertiary/aromatic N) is 4. The van der Waals surface area contributed by atoms with Crippen LogP contribution in [0.3, 0.4) is 0 Å². The van der Waals surface area contributed by atoms with Crippen molar-refractivity contribution in [1.82, 2.24) is 9.97 Å². The number of aryl methyl sites for hydroxylation is 1. The van der Waals surface area contributed by atoms with Gasteiger partial charge in [-0.25, -0.2) is 8.78 Å². The predicted molar refractivity (Wildman–Crippen MR) is 194 cm³/mol. The first kappa shape index (κ1) is 34.9. The first-order valence-corrected chi connectivity index (χ1v) is 17.5. The van der Waals surface area contributed by atoms with E-state index in [1.165, 1.54) is 18.3 Å². The first-order chi connectivity index (χ1) is 24.7. The molecular formula is C40H40F2N6O4. The number of hydrogen-bond donors (Lipinski definition) is 2. The molecule has 2 aliphatic heterocycles. The summed E-state index contributed by atoms with van der Waals surface area (Å²) >= 11 is 0. The summed E-state index contributed by atoms with van der Waals surface area (Å²) in [6.45, 7) is 10.1. The molecule has 268 valence electrons. The number of carbonyl (C=O) groups excluding carboxylic acids is 4. The molecule has 12 heteroatoms. The van der Waals surface area contributed by atoms with Crippen molar-refractivity contribution >= 4 is 46.4 Å². The molecule has 0 spiro atoms. The number of nitrogens with one attached hydrogen (secondary N) is 2. The molecular weight excluding hydrogens is 666 g/mol. The highest BCUT2D eigenvalue weighted by Gasteiger charge is 2.49. The van der Waals surface area contributed by atoms with E-state index in [0.29, 0.717) is 29.5 Å². The van der Waals surface area contributed by atoms with Crippen LogP contribution in [0.1, 0.15) is 90.9 Å². The van der Waals surface area contributed by atoms with Gasteiger partial charge in [0.2, 0.25) is 11.8 Å². The van der Waals surface area contributed by atoms with E-state index in [1.54, 1.807) is 25.1 Å². The molecule has 2 aromatic heterocycles. The minimum absolute atomic E-state index is 0.0477. The zero-order valence-electron chi connectivity index (χ0n) is 29.7. The van der Waals surface area contributed by atoms with Crippen molar-refractivity contribution in [2.24, 2.45) is 5.92 Å². The number of anilines is 4. The van der Waals surface area contributed by atoms with Crippen LogP contribution in [0, 0.1) is 24.5 Å². The summed E-state index contributed by atoms with van der Waals surface area (Å²) in [6, 6.07) is 13.9. The normalized spacial score (nSPS) is 18.0. The lowest BCUT2D eigenvalue weighted by Gasteiger charge is -2.20. The quantitative estimate of drug-likeness (QED) is 0.212. The zero-order chi connectivity index (χ0) is 37.1. The van der Waals surface area contributed by atoms with E-state index < -0.39 is 34.3 Å². The van der Waals surface area contributed by atoms with E-state index in [2.05, 4.69) is 20.6 Å². The molecule has 4 heterocycles. The summed E-state index contributed by atoms with van der Waals surface area (Å²) in [7, 11) is 0. The molecule has 0 atom stereocenters. The van der Waals surface area contributed by atoms with Gasteiger partial charge in [-0.3, -0.25) is 29.1 Å². The third-order valence-electron chi connectivity index (χ3n) is 10.2. The van der Waals surface area contributed by atoms with Crippen molar-refractivity contribution in [3.8, 4) is 0 Å². The van der Waals surface area contributed by atoms with Crippen LogP contribution in [-0.2, 0) is 20.4 Å². The number of benzene rings is 2. The second-order valence-corrected chi connectivity index (χ2v) is 15.0. The van der Waals surface area contributed by atoms with Crippen LogP contribution in [0.15, 0.2) is 67.1 Å². The third-order valence-corrected chi connectivity index (χ3v) is 10.2. The summed E-state index contributed by atoms with van der Waals surface area (Å²) < 4.78 is 27.6. The van der Waals surface area contributed by atoms with Gasteiger partial charge in [-0.2, -0.15) is 0 Å². The van der Waals surface area contributed by atoms with E-state index in [-0.39, 0.29) is 29.0 Å². The molecule has 52 heavy (non-hydrogen) atoms. The van der Waals surface area contributed by atoms with Crippen molar-refractivity contribution in [1.29, 1.82) is 0 Å². The number of amides is 4. The number of fused-ring (bicyclic) bond motifs is 2. The zero-order valence-corrected chi connectivity index (χ0v) is 29.7. The Labute approximate surface area is 300 Å². The summed E-state index contributed by atoms with van der Waals surface area (Å²) in [5.41, 5.74) is 3.97. The van der Waals surface area contributed by atoms with Gasteiger partial charge in [0.15, 0.2) is 11.6 Å². The number of halogens is 2. The van der Waals surface area contributed by atoms with Gasteiger partial charge in [-0.05, 0) is 114 Å². The van der Waals surface area contributed by atoms with Gasteiger partial charge in [0.05, 0.1) is 40.0 Å². The van der Waals surface area contributed by atoms with Crippen LogP contribution in [0.2, 0.25) is 0 Å². The molecule has 2 fully saturated rings. The van der Waals surface area contributed by atoms with Gasteiger partial charge in [0.1, 0.15) is 0 Å². The smallest absolute Gasteiger partial charge is 0.258 e. The molecule has 8 rings (SSSR count). The van der Waals surface area contributed by atoms with E-state index in [0.717, 1.165) is 60.6 Å². The Kier molecular flexibility index (Phi) is 8.67. The summed E-state index contributed by atoms with van der Waals surface area (Å²) in [4.78, 5) is 61.6. The Morgan fingerprint density at radius 2 is 1.35 bits per heavy atom. The van der Waals surface area contributed by atoms with Crippen LogP contribution in [0.4, 0.5) is 31.5 Å². The molecule has 4 amide bonds. The molecule has 2 aromatic carbocycles. The lowest BCUT2D eigenvalue weighted by molar-refractivity contribution is -0.122.